The van der Waals surface area contributed by atoms with E-state index in [0.717, 1.165) is 0 Å². The highest BCUT2D eigenvalue weighted by Gasteiger charge is 2.08. The summed E-state index contributed by atoms with van der Waals surface area (Å²) in [5, 5.41) is 0. The van der Waals surface area contributed by atoms with Crippen LogP contribution in [0, 0.1) is 0 Å². The quantitative estimate of drug-likeness (QED) is 0.869. The van der Waals surface area contributed by atoms with Gasteiger partial charge in [0, 0.05) is 6.26 Å². The van der Waals surface area contributed by atoms with Gasteiger partial charge in [0.25, 0.3) is 0 Å². The fourth-order valence-electron chi connectivity index (χ4n) is 1.46. The average molecular weight is 326 g/mol. The average Bonchev–Trinajstić information content (AvgIpc) is 2.49. The minimum atomic E-state index is -3.00. The second-order valence-electron chi connectivity index (χ2n) is 4.30. The third kappa shape index (κ3) is 5.69. The molecule has 0 spiro atoms. The summed E-state index contributed by atoms with van der Waals surface area (Å²) in [5.41, 5.74) is 0. The molecule has 0 amide bonds. The predicted octanol–water partition coefficient (Wildman–Crippen LogP) is 2.57. The fourth-order valence-corrected chi connectivity index (χ4v) is 3.02. The van der Waals surface area contributed by atoms with E-state index in [1.807, 2.05) is 0 Å². The van der Waals surface area contributed by atoms with E-state index in [-0.39, 0.29) is 5.75 Å². The first-order chi connectivity index (χ1) is 9.77. The molecule has 0 unspecified atom stereocenters. The zero-order valence-corrected chi connectivity index (χ0v) is 13.6. The third-order valence-corrected chi connectivity index (χ3v) is 5.53. The smallest absolute Gasteiger partial charge is 0.178 e. The molecule has 2 aromatic rings. The highest BCUT2D eigenvalue weighted by molar-refractivity contribution is 7.91. The van der Waals surface area contributed by atoms with Crippen LogP contribution in [0.3, 0.4) is 0 Å². The van der Waals surface area contributed by atoms with Gasteiger partial charge in [-0.15, -0.1) is 0 Å². The normalized spacial score (nSPS) is 11.3. The predicted molar refractivity (Wildman–Crippen MR) is 83.7 cm³/mol. The van der Waals surface area contributed by atoms with Crippen LogP contribution in [0.4, 0.5) is 0 Å². The Morgan fingerprint density at radius 2 is 1.10 bits per heavy atom. The molecule has 0 N–H and O–H groups in total. The summed E-state index contributed by atoms with van der Waals surface area (Å²) in [5.74, 6) is 0.164. The van der Waals surface area contributed by atoms with Gasteiger partial charge in [-0.25, -0.2) is 16.8 Å². The number of hydrogen-bond acceptors (Lipinski definition) is 4. The zero-order chi connectivity index (χ0) is 15.9. The number of sulfone groups is 2. The summed E-state index contributed by atoms with van der Waals surface area (Å²) < 4.78 is 44.1. The lowest BCUT2D eigenvalue weighted by molar-refractivity contribution is 0.596. The van der Waals surface area contributed by atoms with Crippen molar-refractivity contribution in [2.45, 2.75) is 16.7 Å². The van der Waals surface area contributed by atoms with Gasteiger partial charge in [-0.2, -0.15) is 0 Å². The molecule has 0 aliphatic carbocycles. The molecule has 0 saturated carbocycles. The Morgan fingerprint density at radius 1 is 0.714 bits per heavy atom. The third-order valence-electron chi connectivity index (χ3n) is 2.65. The van der Waals surface area contributed by atoms with Crippen molar-refractivity contribution in [2.24, 2.45) is 0 Å². The van der Waals surface area contributed by atoms with Crippen LogP contribution >= 0.6 is 0 Å². The minimum Gasteiger partial charge on any atom is -0.224 e. The Kier molecular flexibility index (Phi) is 6.11. The molecular weight excluding hydrogens is 308 g/mol. The standard InChI is InChI=1S/C8H10O2S.C7H8O2S/c1-2-11(9,10)8-6-4-3-5-7-8;1-10(8,9)7-5-3-2-4-6-7/h3-7H,2H2,1H3;2-6H,1H3. The zero-order valence-electron chi connectivity index (χ0n) is 11.9. The van der Waals surface area contributed by atoms with Crippen LogP contribution < -0.4 is 0 Å². The molecule has 114 valence electrons. The van der Waals surface area contributed by atoms with Crippen molar-refractivity contribution in [1.29, 1.82) is 0 Å². The summed E-state index contributed by atoms with van der Waals surface area (Å²) in [6.45, 7) is 1.64. The molecular formula is C15H18O4S2. The van der Waals surface area contributed by atoms with Crippen molar-refractivity contribution in [1.82, 2.24) is 0 Å². The molecule has 2 rings (SSSR count). The Labute approximate surface area is 126 Å². The number of benzene rings is 2. The molecule has 0 bridgehead atoms. The molecule has 0 aromatic heterocycles. The molecule has 21 heavy (non-hydrogen) atoms. The summed E-state index contributed by atoms with van der Waals surface area (Å²) in [6, 6.07) is 16.8. The van der Waals surface area contributed by atoms with Crippen molar-refractivity contribution in [3.8, 4) is 0 Å². The fraction of sp³-hybridized carbons (Fsp3) is 0.200. The van der Waals surface area contributed by atoms with E-state index < -0.39 is 19.7 Å². The van der Waals surface area contributed by atoms with Gasteiger partial charge >= 0.3 is 0 Å². The van der Waals surface area contributed by atoms with Crippen LogP contribution in [0.25, 0.3) is 0 Å². The first-order valence-electron chi connectivity index (χ1n) is 6.30. The van der Waals surface area contributed by atoms with Gasteiger partial charge in [-0.1, -0.05) is 43.3 Å². The lowest BCUT2D eigenvalue weighted by atomic mass is 10.4. The Morgan fingerprint density at radius 3 is 1.38 bits per heavy atom. The van der Waals surface area contributed by atoms with E-state index in [2.05, 4.69) is 0 Å². The SMILES string of the molecule is CCS(=O)(=O)c1ccccc1.CS(=O)(=O)c1ccccc1. The first-order valence-corrected chi connectivity index (χ1v) is 9.84. The molecule has 2 aromatic carbocycles. The van der Waals surface area contributed by atoms with Crippen molar-refractivity contribution in [3.63, 3.8) is 0 Å². The van der Waals surface area contributed by atoms with Gasteiger partial charge in [0.2, 0.25) is 0 Å². The molecule has 0 heterocycles. The Bertz CT molecular complexity index is 750. The molecule has 0 atom stereocenters. The minimum absolute atomic E-state index is 0.164. The van der Waals surface area contributed by atoms with E-state index in [1.165, 1.54) is 6.26 Å². The van der Waals surface area contributed by atoms with Crippen LogP contribution in [0.1, 0.15) is 6.92 Å². The van der Waals surface area contributed by atoms with Crippen LogP contribution in [0.5, 0.6) is 0 Å². The van der Waals surface area contributed by atoms with E-state index in [9.17, 15) is 16.8 Å². The molecule has 0 aliphatic heterocycles. The Balaban J connectivity index is 0.000000211. The van der Waals surface area contributed by atoms with Crippen LogP contribution in [0.2, 0.25) is 0 Å². The van der Waals surface area contributed by atoms with Crippen LogP contribution in [0.15, 0.2) is 70.5 Å². The lowest BCUT2D eigenvalue weighted by Crippen LogP contribution is -2.02. The second kappa shape index (κ2) is 7.38. The summed E-state index contributed by atoms with van der Waals surface area (Å²) >= 11 is 0. The second-order valence-corrected chi connectivity index (χ2v) is 8.60. The van der Waals surface area contributed by atoms with Gasteiger partial charge in [-0.05, 0) is 24.3 Å². The topological polar surface area (TPSA) is 68.3 Å². The lowest BCUT2D eigenvalue weighted by Gasteiger charge is -1.98. The van der Waals surface area contributed by atoms with E-state index in [4.69, 9.17) is 0 Å². The van der Waals surface area contributed by atoms with Crippen molar-refractivity contribution in [2.75, 3.05) is 12.0 Å². The van der Waals surface area contributed by atoms with E-state index in [0.29, 0.717) is 9.79 Å². The van der Waals surface area contributed by atoms with Crippen molar-refractivity contribution >= 4 is 19.7 Å². The van der Waals surface area contributed by atoms with Gasteiger partial charge in [0.15, 0.2) is 19.7 Å². The molecule has 6 heteroatoms. The first kappa shape index (κ1) is 17.4. The van der Waals surface area contributed by atoms with Crippen LogP contribution in [-0.4, -0.2) is 28.8 Å². The van der Waals surface area contributed by atoms with Crippen molar-refractivity contribution < 1.29 is 16.8 Å². The molecule has 4 nitrogen and oxygen atoms in total. The van der Waals surface area contributed by atoms with Gasteiger partial charge < -0.3 is 0 Å². The van der Waals surface area contributed by atoms with Crippen molar-refractivity contribution in [3.05, 3.63) is 60.7 Å². The molecule has 0 fully saturated rings. The summed E-state index contributed by atoms with van der Waals surface area (Å²) in [4.78, 5) is 0.775. The maximum absolute atomic E-state index is 11.2. The van der Waals surface area contributed by atoms with E-state index >= 15 is 0 Å². The maximum atomic E-state index is 11.2. The van der Waals surface area contributed by atoms with Crippen LogP contribution in [-0.2, 0) is 19.7 Å². The van der Waals surface area contributed by atoms with Gasteiger partial charge in [0.1, 0.15) is 0 Å². The summed E-state index contributed by atoms with van der Waals surface area (Å²) in [6.07, 6.45) is 1.20. The summed E-state index contributed by atoms with van der Waals surface area (Å²) in [7, 11) is -6.00. The van der Waals surface area contributed by atoms with Gasteiger partial charge in [-0.3, -0.25) is 0 Å². The molecule has 0 radical (unpaired) electrons. The van der Waals surface area contributed by atoms with E-state index in [1.54, 1.807) is 67.6 Å². The number of hydrogen-bond donors (Lipinski definition) is 0. The molecule has 0 aliphatic rings. The highest BCUT2D eigenvalue weighted by atomic mass is 32.2. The number of rotatable bonds is 3. The highest BCUT2D eigenvalue weighted by Crippen LogP contribution is 2.08. The molecule has 0 saturated heterocycles. The monoisotopic (exact) mass is 326 g/mol. The maximum Gasteiger partial charge on any atom is 0.178 e. The van der Waals surface area contributed by atoms with Gasteiger partial charge in [0.05, 0.1) is 15.5 Å². The Hall–Kier alpha value is -1.66. The largest absolute Gasteiger partial charge is 0.224 e.